The van der Waals surface area contributed by atoms with Gasteiger partial charge < -0.3 is 4.90 Å². The topological polar surface area (TPSA) is 3.24 Å². The van der Waals surface area contributed by atoms with Crippen molar-refractivity contribution in [3.63, 3.8) is 0 Å². The summed E-state index contributed by atoms with van der Waals surface area (Å²) in [4.78, 5) is 2.40. The number of hydrogen-bond donors (Lipinski definition) is 0. The fraction of sp³-hybridized carbons (Fsp3) is 0.538. The molecule has 2 unspecified atom stereocenters. The first-order valence-electron chi connectivity index (χ1n) is 5.86. The minimum absolute atomic E-state index is 0.157. The van der Waals surface area contributed by atoms with Crippen LogP contribution in [0.5, 0.6) is 0 Å². The van der Waals surface area contributed by atoms with E-state index in [1.165, 1.54) is 5.69 Å². The van der Waals surface area contributed by atoms with Crippen molar-refractivity contribution in [2.24, 2.45) is 0 Å². The first-order valence-corrected chi connectivity index (χ1v) is 8.03. The van der Waals surface area contributed by atoms with Gasteiger partial charge in [-0.1, -0.05) is 22.9 Å². The summed E-state index contributed by atoms with van der Waals surface area (Å²) in [7, 11) is 0. The zero-order valence-electron chi connectivity index (χ0n) is 10.1. The molecule has 1 aliphatic heterocycles. The van der Waals surface area contributed by atoms with Crippen LogP contribution >= 0.6 is 27.7 Å². The van der Waals surface area contributed by atoms with E-state index in [2.05, 4.69) is 34.7 Å². The van der Waals surface area contributed by atoms with Crippen LogP contribution in [0.1, 0.15) is 19.4 Å². The summed E-state index contributed by atoms with van der Waals surface area (Å²) < 4.78 is 13.2. The van der Waals surface area contributed by atoms with Gasteiger partial charge in [0.15, 0.2) is 0 Å². The van der Waals surface area contributed by atoms with Gasteiger partial charge >= 0.3 is 0 Å². The van der Waals surface area contributed by atoms with Crippen molar-refractivity contribution in [2.45, 2.75) is 30.5 Å². The average Bonchev–Trinajstić information content (AvgIpc) is 2.33. The van der Waals surface area contributed by atoms with Crippen molar-refractivity contribution >= 4 is 33.4 Å². The van der Waals surface area contributed by atoms with E-state index < -0.39 is 0 Å². The second-order valence-corrected chi connectivity index (χ2v) is 6.46. The molecule has 2 rings (SSSR count). The molecule has 94 valence electrons. The maximum Gasteiger partial charge on any atom is 0.123 e. The summed E-state index contributed by atoms with van der Waals surface area (Å²) in [5.74, 6) is 0.986. The molecule has 4 heteroatoms. The third-order valence-corrected chi connectivity index (χ3v) is 5.32. The van der Waals surface area contributed by atoms with Crippen molar-refractivity contribution in [3.8, 4) is 0 Å². The highest BCUT2D eigenvalue weighted by molar-refractivity contribution is 9.08. The zero-order chi connectivity index (χ0) is 12.4. The summed E-state index contributed by atoms with van der Waals surface area (Å²) in [5.41, 5.74) is 2.21. The van der Waals surface area contributed by atoms with Crippen molar-refractivity contribution in [2.75, 3.05) is 17.2 Å². The molecule has 0 spiro atoms. The third kappa shape index (κ3) is 2.79. The summed E-state index contributed by atoms with van der Waals surface area (Å²) in [6.07, 6.45) is 0. The molecule has 1 aromatic rings. The highest BCUT2D eigenvalue weighted by Gasteiger charge is 2.26. The SMILES string of the molecule is CC1SCCN(c2ccc(F)cc2CBr)C1C. The predicted molar refractivity (Wildman–Crippen MR) is 77.8 cm³/mol. The fourth-order valence-corrected chi connectivity index (χ4v) is 3.76. The average molecular weight is 318 g/mol. The Balaban J connectivity index is 2.32. The number of alkyl halides is 1. The van der Waals surface area contributed by atoms with Crippen LogP contribution in [0.3, 0.4) is 0 Å². The minimum atomic E-state index is -0.157. The number of halogens is 2. The van der Waals surface area contributed by atoms with Gasteiger partial charge in [-0.15, -0.1) is 0 Å². The highest BCUT2D eigenvalue weighted by Crippen LogP contribution is 2.32. The van der Waals surface area contributed by atoms with Gasteiger partial charge in [-0.25, -0.2) is 4.39 Å². The molecule has 17 heavy (non-hydrogen) atoms. The molecule has 1 heterocycles. The van der Waals surface area contributed by atoms with Crippen molar-refractivity contribution in [1.82, 2.24) is 0 Å². The number of benzene rings is 1. The van der Waals surface area contributed by atoms with Gasteiger partial charge in [0, 0.05) is 34.6 Å². The van der Waals surface area contributed by atoms with E-state index in [1.807, 2.05) is 17.8 Å². The maximum absolute atomic E-state index is 13.2. The molecule has 0 N–H and O–H groups in total. The fourth-order valence-electron chi connectivity index (χ4n) is 2.21. The van der Waals surface area contributed by atoms with Gasteiger partial charge in [0.25, 0.3) is 0 Å². The Morgan fingerprint density at radius 2 is 2.24 bits per heavy atom. The Hall–Kier alpha value is -0.220. The standard InChI is InChI=1S/C13H17BrFNS/c1-9-10(2)17-6-5-16(9)13-4-3-12(15)7-11(13)8-14/h3-4,7,9-10H,5-6,8H2,1-2H3. The second-order valence-electron chi connectivity index (χ2n) is 4.42. The van der Waals surface area contributed by atoms with Crippen LogP contribution in [0.2, 0.25) is 0 Å². The first kappa shape index (κ1) is 13.2. The van der Waals surface area contributed by atoms with Crippen LogP contribution in [-0.2, 0) is 5.33 Å². The van der Waals surface area contributed by atoms with Crippen LogP contribution in [0.25, 0.3) is 0 Å². The van der Waals surface area contributed by atoms with Crippen LogP contribution in [0.15, 0.2) is 18.2 Å². The predicted octanol–water partition coefficient (Wildman–Crippen LogP) is 4.05. The number of thioether (sulfide) groups is 1. The van der Waals surface area contributed by atoms with Gasteiger partial charge in [-0.2, -0.15) is 11.8 Å². The summed E-state index contributed by atoms with van der Waals surface area (Å²) in [6, 6.07) is 5.59. The summed E-state index contributed by atoms with van der Waals surface area (Å²) in [5, 5.41) is 1.32. The Bertz CT molecular complexity index is 399. The zero-order valence-corrected chi connectivity index (χ0v) is 12.5. The Morgan fingerprint density at radius 3 is 2.94 bits per heavy atom. The number of rotatable bonds is 2. The lowest BCUT2D eigenvalue weighted by Gasteiger charge is -2.40. The molecule has 0 radical (unpaired) electrons. The lowest BCUT2D eigenvalue weighted by atomic mass is 10.1. The molecule has 0 aromatic heterocycles. The molecule has 1 aromatic carbocycles. The number of hydrogen-bond acceptors (Lipinski definition) is 2. The van der Waals surface area contributed by atoms with E-state index >= 15 is 0 Å². The number of nitrogens with zero attached hydrogens (tertiary/aromatic N) is 1. The van der Waals surface area contributed by atoms with Crippen LogP contribution < -0.4 is 4.90 Å². The lowest BCUT2D eigenvalue weighted by molar-refractivity contribution is 0.614. The summed E-state index contributed by atoms with van der Waals surface area (Å²) >= 11 is 5.46. The van der Waals surface area contributed by atoms with E-state index in [4.69, 9.17) is 0 Å². The third-order valence-electron chi connectivity index (χ3n) is 3.38. The summed E-state index contributed by atoms with van der Waals surface area (Å²) in [6.45, 7) is 5.55. The van der Waals surface area contributed by atoms with Gasteiger partial charge in [0.05, 0.1) is 0 Å². The molecule has 0 bridgehead atoms. The van der Waals surface area contributed by atoms with Crippen molar-refractivity contribution in [1.29, 1.82) is 0 Å². The monoisotopic (exact) mass is 317 g/mol. The number of anilines is 1. The Morgan fingerprint density at radius 1 is 1.47 bits per heavy atom. The first-order chi connectivity index (χ1) is 8.13. The minimum Gasteiger partial charge on any atom is -0.367 e. The van der Waals surface area contributed by atoms with Crippen LogP contribution in [-0.4, -0.2) is 23.6 Å². The Labute approximate surface area is 115 Å². The second kappa shape index (κ2) is 5.61. The van der Waals surface area contributed by atoms with Crippen molar-refractivity contribution < 1.29 is 4.39 Å². The van der Waals surface area contributed by atoms with E-state index in [0.717, 1.165) is 17.9 Å². The van der Waals surface area contributed by atoms with E-state index in [9.17, 15) is 4.39 Å². The molecule has 0 aliphatic carbocycles. The molecule has 1 nitrogen and oxygen atoms in total. The van der Waals surface area contributed by atoms with Crippen LogP contribution in [0, 0.1) is 5.82 Å². The van der Waals surface area contributed by atoms with Gasteiger partial charge in [-0.05, 0) is 30.7 Å². The largest absolute Gasteiger partial charge is 0.367 e. The Kier molecular flexibility index (Phi) is 4.36. The van der Waals surface area contributed by atoms with E-state index in [0.29, 0.717) is 16.6 Å². The quantitative estimate of drug-likeness (QED) is 0.757. The molecule has 1 fully saturated rings. The smallest absolute Gasteiger partial charge is 0.123 e. The van der Waals surface area contributed by atoms with Crippen LogP contribution in [0.4, 0.5) is 10.1 Å². The molecule has 0 saturated carbocycles. The highest BCUT2D eigenvalue weighted by atomic mass is 79.9. The van der Waals surface area contributed by atoms with E-state index in [1.54, 1.807) is 12.1 Å². The molecular weight excluding hydrogens is 301 g/mol. The lowest BCUT2D eigenvalue weighted by Crippen LogP contribution is -2.45. The maximum atomic E-state index is 13.2. The molecule has 1 saturated heterocycles. The molecular formula is C13H17BrFNS. The van der Waals surface area contributed by atoms with Crippen molar-refractivity contribution in [3.05, 3.63) is 29.6 Å². The van der Waals surface area contributed by atoms with Gasteiger partial charge in [-0.3, -0.25) is 0 Å². The normalized spacial score (nSPS) is 25.1. The molecule has 0 amide bonds. The molecule has 2 atom stereocenters. The van der Waals surface area contributed by atoms with Gasteiger partial charge in [0.2, 0.25) is 0 Å². The molecule has 1 aliphatic rings. The van der Waals surface area contributed by atoms with E-state index in [-0.39, 0.29) is 5.82 Å². The van der Waals surface area contributed by atoms with Gasteiger partial charge in [0.1, 0.15) is 5.82 Å².